The number of hydrogen-bond donors (Lipinski definition) is 0. The molecule has 3 atom stereocenters. The lowest BCUT2D eigenvalue weighted by Crippen LogP contribution is -2.46. The lowest BCUT2D eigenvalue weighted by Gasteiger charge is -2.48. The van der Waals surface area contributed by atoms with Gasteiger partial charge in [-0.1, -0.05) is 53.7 Å². The van der Waals surface area contributed by atoms with Gasteiger partial charge in [-0.25, -0.2) is 0 Å². The number of rotatable bonds is 4. The van der Waals surface area contributed by atoms with E-state index < -0.39 is 16.6 Å². The summed E-state index contributed by atoms with van der Waals surface area (Å²) in [5.41, 5.74) is 1.47. The zero-order chi connectivity index (χ0) is 22.0. The minimum Gasteiger partial charge on any atom is -0.546 e. The van der Waals surface area contributed by atoms with Gasteiger partial charge in [0.2, 0.25) is 16.6 Å². The second-order valence-electron chi connectivity index (χ2n) is 12.8. The molecule has 1 saturated carbocycles. The Kier molecular flexibility index (Phi) is 5.44. The van der Waals surface area contributed by atoms with Crippen molar-refractivity contribution in [3.8, 4) is 0 Å². The molecule has 2 bridgehead atoms. The summed E-state index contributed by atoms with van der Waals surface area (Å²) in [6.07, 6.45) is 9.40. The maximum Gasteiger partial charge on any atom is 0.250 e. The summed E-state index contributed by atoms with van der Waals surface area (Å²) in [4.78, 5) is 0. The fourth-order valence-electron chi connectivity index (χ4n) is 4.62. The van der Waals surface area contributed by atoms with Crippen molar-refractivity contribution in [3.05, 3.63) is 35.8 Å². The largest absolute Gasteiger partial charge is 0.546 e. The van der Waals surface area contributed by atoms with Crippen LogP contribution in [0.15, 0.2) is 35.8 Å². The van der Waals surface area contributed by atoms with Gasteiger partial charge in [-0.2, -0.15) is 0 Å². The van der Waals surface area contributed by atoms with Crippen molar-refractivity contribution in [3.63, 3.8) is 0 Å². The zero-order valence-electron chi connectivity index (χ0n) is 20.7. The molecule has 0 N–H and O–H groups in total. The average molecular weight is 433 g/mol. The highest BCUT2D eigenvalue weighted by Gasteiger charge is 2.57. The Morgan fingerprint density at radius 2 is 1.52 bits per heavy atom. The fraction of sp³-hybridized carbons (Fsp3) is 0.760. The molecule has 0 aliphatic heterocycles. The van der Waals surface area contributed by atoms with Crippen LogP contribution in [0.25, 0.3) is 0 Å². The van der Waals surface area contributed by atoms with Crippen molar-refractivity contribution in [2.45, 2.75) is 103 Å². The number of allylic oxidation sites excluding steroid dienone is 4. The van der Waals surface area contributed by atoms with Crippen LogP contribution in [0.3, 0.4) is 0 Å². The molecule has 2 nitrogen and oxygen atoms in total. The predicted octanol–water partition coefficient (Wildman–Crippen LogP) is 8.17. The molecule has 0 heterocycles. The summed E-state index contributed by atoms with van der Waals surface area (Å²) in [7, 11) is -3.71. The molecule has 1 spiro atoms. The van der Waals surface area contributed by atoms with E-state index >= 15 is 0 Å². The monoisotopic (exact) mass is 432 g/mol. The Morgan fingerprint density at radius 1 is 0.966 bits per heavy atom. The number of fused-ring (bicyclic) bond motifs is 1. The third-order valence-corrected chi connectivity index (χ3v) is 17.4. The van der Waals surface area contributed by atoms with Crippen LogP contribution in [0.1, 0.15) is 67.2 Å². The normalized spacial score (nSPS) is 30.5. The minimum absolute atomic E-state index is 0.121. The summed E-state index contributed by atoms with van der Waals surface area (Å²) >= 11 is 0. The molecule has 164 valence electrons. The Bertz CT molecular complexity index is 746. The van der Waals surface area contributed by atoms with Crippen molar-refractivity contribution in [1.29, 1.82) is 0 Å². The number of hydrogen-bond acceptors (Lipinski definition) is 2. The van der Waals surface area contributed by atoms with Gasteiger partial charge in [0.05, 0.1) is 11.5 Å². The zero-order valence-corrected chi connectivity index (χ0v) is 22.7. The van der Waals surface area contributed by atoms with E-state index in [1.807, 2.05) is 0 Å². The first-order chi connectivity index (χ1) is 13.0. The Hall–Kier alpha value is -0.746. The lowest BCUT2D eigenvalue weighted by molar-refractivity contribution is 0.127. The molecule has 0 unspecified atom stereocenters. The molecular formula is C25H44O2Si2. The van der Waals surface area contributed by atoms with Crippen LogP contribution in [0.2, 0.25) is 36.3 Å². The minimum atomic E-state index is -1.86. The standard InChI is InChI=1S/C25H44O2Si2/c1-18-16-25-17-20(18)21(26-28(8,9)23(2,3)4)15-19(25)13-12-14-22(25)27-29(10,11)24(5,6)7/h14-15,19-20H,1,12-13,16-17H2,2-11H3/t19-,20-,25+/m1/s1. The molecule has 0 aromatic carbocycles. The molecule has 0 amide bonds. The SMILES string of the molecule is C=C1C[C@]23C[C@H]1C(O[Si](C)(C)C(C)(C)C)=C[C@H]2CCC=C3O[Si](C)(C)C(C)(C)C. The second kappa shape index (κ2) is 6.88. The summed E-state index contributed by atoms with van der Waals surface area (Å²) in [6.45, 7) is 28.0. The molecule has 29 heavy (non-hydrogen) atoms. The van der Waals surface area contributed by atoms with Crippen molar-refractivity contribution < 1.29 is 8.85 Å². The Balaban J connectivity index is 1.94. The quantitative estimate of drug-likeness (QED) is 0.329. The molecule has 0 saturated heterocycles. The van der Waals surface area contributed by atoms with Crippen LogP contribution in [-0.2, 0) is 8.85 Å². The molecule has 4 heteroatoms. The molecule has 0 aromatic rings. The van der Waals surface area contributed by atoms with Crippen LogP contribution in [0, 0.1) is 17.3 Å². The van der Waals surface area contributed by atoms with Gasteiger partial charge in [-0.15, -0.1) is 0 Å². The van der Waals surface area contributed by atoms with E-state index in [-0.39, 0.29) is 15.5 Å². The maximum atomic E-state index is 6.97. The lowest BCUT2D eigenvalue weighted by atomic mass is 9.65. The predicted molar refractivity (Wildman–Crippen MR) is 130 cm³/mol. The van der Waals surface area contributed by atoms with Crippen LogP contribution < -0.4 is 0 Å². The fourth-order valence-corrected chi connectivity index (χ4v) is 6.87. The van der Waals surface area contributed by atoms with Gasteiger partial charge in [-0.05, 0) is 80.0 Å². The van der Waals surface area contributed by atoms with E-state index in [0.717, 1.165) is 19.3 Å². The van der Waals surface area contributed by atoms with Crippen molar-refractivity contribution in [2.24, 2.45) is 17.3 Å². The van der Waals surface area contributed by atoms with Gasteiger partial charge < -0.3 is 8.85 Å². The van der Waals surface area contributed by atoms with Crippen LogP contribution >= 0.6 is 0 Å². The van der Waals surface area contributed by atoms with E-state index in [1.54, 1.807) is 0 Å². The Labute approximate surface area is 182 Å². The van der Waals surface area contributed by atoms with E-state index in [2.05, 4.69) is 86.5 Å². The van der Waals surface area contributed by atoms with Crippen molar-refractivity contribution in [2.75, 3.05) is 0 Å². The average Bonchev–Trinajstić information content (AvgIpc) is 2.81. The molecule has 0 aromatic heterocycles. The molecule has 3 aliphatic carbocycles. The van der Waals surface area contributed by atoms with Crippen LogP contribution in [0.4, 0.5) is 0 Å². The van der Waals surface area contributed by atoms with E-state index in [0.29, 0.717) is 11.8 Å². The van der Waals surface area contributed by atoms with Gasteiger partial charge in [0.15, 0.2) is 0 Å². The molecule has 0 radical (unpaired) electrons. The smallest absolute Gasteiger partial charge is 0.250 e. The third kappa shape index (κ3) is 3.84. The molecule has 1 fully saturated rings. The summed E-state index contributed by atoms with van der Waals surface area (Å²) in [5, 5.41) is 0.429. The van der Waals surface area contributed by atoms with E-state index in [9.17, 15) is 0 Å². The summed E-state index contributed by atoms with van der Waals surface area (Å²) in [6, 6.07) is 0. The highest BCUT2D eigenvalue weighted by molar-refractivity contribution is 6.74. The molecule has 3 aliphatic rings. The topological polar surface area (TPSA) is 18.5 Å². The third-order valence-electron chi connectivity index (χ3n) is 8.67. The first kappa shape index (κ1) is 22.9. The summed E-state index contributed by atoms with van der Waals surface area (Å²) in [5.74, 6) is 3.40. The summed E-state index contributed by atoms with van der Waals surface area (Å²) < 4.78 is 13.8. The van der Waals surface area contributed by atoms with Crippen molar-refractivity contribution in [1.82, 2.24) is 0 Å². The second-order valence-corrected chi connectivity index (χ2v) is 22.2. The van der Waals surface area contributed by atoms with Crippen LogP contribution in [-0.4, -0.2) is 16.6 Å². The Morgan fingerprint density at radius 3 is 2.07 bits per heavy atom. The van der Waals surface area contributed by atoms with Crippen molar-refractivity contribution >= 4 is 16.6 Å². The molecule has 3 rings (SSSR count). The first-order valence-corrected chi connectivity index (χ1v) is 17.3. The van der Waals surface area contributed by atoms with Gasteiger partial charge in [0.1, 0.15) is 0 Å². The first-order valence-electron chi connectivity index (χ1n) is 11.5. The highest BCUT2D eigenvalue weighted by Crippen LogP contribution is 2.63. The van der Waals surface area contributed by atoms with Crippen LogP contribution in [0.5, 0.6) is 0 Å². The van der Waals surface area contributed by atoms with Gasteiger partial charge in [-0.3, -0.25) is 0 Å². The highest BCUT2D eigenvalue weighted by atomic mass is 28.4. The van der Waals surface area contributed by atoms with Gasteiger partial charge in [0.25, 0.3) is 0 Å². The molecular weight excluding hydrogens is 388 g/mol. The van der Waals surface area contributed by atoms with E-state index in [4.69, 9.17) is 8.85 Å². The van der Waals surface area contributed by atoms with Gasteiger partial charge >= 0.3 is 0 Å². The maximum absolute atomic E-state index is 6.97. The van der Waals surface area contributed by atoms with Gasteiger partial charge in [0, 0.05) is 11.3 Å². The van der Waals surface area contributed by atoms with E-state index in [1.165, 1.54) is 23.5 Å².